The monoisotopic (exact) mass is 817 g/mol. The van der Waals surface area contributed by atoms with Crippen molar-refractivity contribution in [3.63, 3.8) is 0 Å². The fourth-order valence-electron chi connectivity index (χ4n) is 5.71. The highest BCUT2D eigenvalue weighted by molar-refractivity contribution is 7.19. The number of fused-ring (bicyclic) bond motifs is 1. The van der Waals surface area contributed by atoms with E-state index in [0.717, 1.165) is 61.7 Å². The Balaban J connectivity index is 0.00000141. The molecule has 3 aromatic heterocycles. The Bertz CT molecular complexity index is 2060. The molecule has 0 saturated carbocycles. The number of alkyl carbamates (subject to hydrolysis) is 2. The van der Waals surface area contributed by atoms with Gasteiger partial charge < -0.3 is 39.9 Å². The van der Waals surface area contributed by atoms with Crippen molar-refractivity contribution in [3.05, 3.63) is 65.4 Å². The summed E-state index contributed by atoms with van der Waals surface area (Å²) in [6.07, 6.45) is 6.21. The maximum atomic E-state index is 12.8. The molecule has 0 unspecified atom stereocenters. The molecular formula is C42H59N9O6S. The lowest BCUT2D eigenvalue weighted by Crippen LogP contribution is -2.40. The number of nitrogens with one attached hydrogen (secondary N) is 4. The maximum Gasteiger partial charge on any atom is 0.407 e. The number of aromatic nitrogens is 5. The number of thiazole rings is 1. The number of amides is 4. The quantitative estimate of drug-likeness (QED) is 0.0810. The van der Waals surface area contributed by atoms with Crippen molar-refractivity contribution in [2.45, 2.75) is 87.2 Å². The number of rotatable bonds is 15. The molecule has 0 aliphatic carbocycles. The second kappa shape index (κ2) is 24.1. The minimum absolute atomic E-state index is 0.156. The van der Waals surface area contributed by atoms with Gasteiger partial charge in [0.05, 0.1) is 66.3 Å². The molecule has 4 N–H and O–H groups in total. The van der Waals surface area contributed by atoms with Gasteiger partial charge in [0, 0.05) is 24.2 Å². The molecule has 314 valence electrons. The second-order valence-electron chi connectivity index (χ2n) is 13.4. The van der Waals surface area contributed by atoms with E-state index in [-0.39, 0.29) is 38.0 Å². The van der Waals surface area contributed by atoms with Crippen LogP contribution in [0.5, 0.6) is 0 Å². The minimum atomic E-state index is -0.658. The van der Waals surface area contributed by atoms with Crippen molar-refractivity contribution in [1.29, 1.82) is 0 Å². The Kier molecular flexibility index (Phi) is 19.4. The third-order valence-electron chi connectivity index (χ3n) is 8.22. The van der Waals surface area contributed by atoms with Crippen LogP contribution in [-0.2, 0) is 32.2 Å². The zero-order chi connectivity index (χ0) is 42.6. The van der Waals surface area contributed by atoms with Crippen LogP contribution in [0.25, 0.3) is 43.9 Å². The molecule has 0 aliphatic rings. The highest BCUT2D eigenvalue weighted by Gasteiger charge is 2.20. The van der Waals surface area contributed by atoms with Gasteiger partial charge in [-0.05, 0) is 30.9 Å². The van der Waals surface area contributed by atoms with Crippen molar-refractivity contribution in [2.75, 3.05) is 40.4 Å². The van der Waals surface area contributed by atoms with Crippen LogP contribution in [0, 0.1) is 6.92 Å². The topological polar surface area (TPSA) is 188 Å². The van der Waals surface area contributed by atoms with E-state index in [2.05, 4.69) is 79.9 Å². The number of carbonyl (C=O) groups is 4. The first-order valence-electron chi connectivity index (χ1n) is 19.7. The zero-order valence-electron chi connectivity index (χ0n) is 35.3. The lowest BCUT2D eigenvalue weighted by Gasteiger charge is -2.21. The molecule has 0 bridgehead atoms. The first kappa shape index (κ1) is 46.6. The molecule has 0 saturated heterocycles. The van der Waals surface area contributed by atoms with Crippen molar-refractivity contribution in [3.8, 4) is 33.6 Å². The van der Waals surface area contributed by atoms with E-state index in [4.69, 9.17) is 4.98 Å². The lowest BCUT2D eigenvalue weighted by molar-refractivity contribution is -0.131. The van der Waals surface area contributed by atoms with E-state index in [1.807, 2.05) is 45.0 Å². The minimum Gasteiger partial charge on any atom is -0.453 e. The van der Waals surface area contributed by atoms with Crippen LogP contribution in [0.4, 0.5) is 9.59 Å². The molecule has 5 aromatic rings. The molecule has 0 spiro atoms. The third-order valence-corrected chi connectivity index (χ3v) is 9.22. The fraction of sp³-hybridized carbons (Fsp3) is 0.452. The van der Waals surface area contributed by atoms with Crippen LogP contribution in [0.15, 0.2) is 48.8 Å². The number of aryl methyl sites for hydroxylation is 1. The molecule has 3 heterocycles. The molecule has 0 fully saturated rings. The summed E-state index contributed by atoms with van der Waals surface area (Å²) in [4.78, 5) is 72.4. The van der Waals surface area contributed by atoms with Gasteiger partial charge in [-0.2, -0.15) is 0 Å². The lowest BCUT2D eigenvalue weighted by atomic mass is 9.99. The van der Waals surface area contributed by atoms with Crippen molar-refractivity contribution >= 4 is 45.6 Å². The van der Waals surface area contributed by atoms with E-state index in [1.165, 1.54) is 27.1 Å². The molecule has 0 radical (unpaired) electrons. The van der Waals surface area contributed by atoms with Crippen molar-refractivity contribution in [2.24, 2.45) is 0 Å². The van der Waals surface area contributed by atoms with E-state index in [9.17, 15) is 19.2 Å². The largest absolute Gasteiger partial charge is 0.453 e. The predicted octanol–water partition coefficient (Wildman–Crippen LogP) is 8.07. The standard InChI is InChI=1S/C36H43N9O6S.2C3H8/c1-6-14-44(31(46)18-39-35(48)50-4)20-29-37-16-27(42-29)24-10-8-23(9-11-24)25-12-13-26(34-33(25)41-22(3)52-34)28-17-38-30(43-28)21-45(15-7-2)32(47)19-40-36(49)51-5;2*1-3-2/h8-13,16-17H,6-7,14-15,18-21H2,1-5H3,(H,37,42)(H,38,43)(H,39,48)(H,40,49);2*3H2,1-2H3. The molecule has 2 aromatic carbocycles. The van der Waals surface area contributed by atoms with Crippen molar-refractivity contribution < 1.29 is 28.7 Å². The van der Waals surface area contributed by atoms with Gasteiger partial charge >= 0.3 is 12.2 Å². The van der Waals surface area contributed by atoms with Gasteiger partial charge in [0.1, 0.15) is 24.7 Å². The predicted molar refractivity (Wildman–Crippen MR) is 229 cm³/mol. The number of carbonyl (C=O) groups excluding carboxylic acids is 4. The summed E-state index contributed by atoms with van der Waals surface area (Å²) >= 11 is 1.60. The smallest absolute Gasteiger partial charge is 0.407 e. The molecular weight excluding hydrogens is 759 g/mol. The van der Waals surface area contributed by atoms with Crippen LogP contribution in [0.3, 0.4) is 0 Å². The van der Waals surface area contributed by atoms with Gasteiger partial charge in [-0.3, -0.25) is 9.59 Å². The molecule has 0 aliphatic heterocycles. The number of ether oxygens (including phenoxy) is 2. The second-order valence-corrected chi connectivity index (χ2v) is 14.6. The summed E-state index contributed by atoms with van der Waals surface area (Å²) in [5, 5.41) is 5.81. The zero-order valence-corrected chi connectivity index (χ0v) is 36.1. The first-order valence-corrected chi connectivity index (χ1v) is 20.6. The van der Waals surface area contributed by atoms with Crippen LogP contribution in [0.2, 0.25) is 0 Å². The first-order chi connectivity index (χ1) is 28.0. The number of benzene rings is 2. The number of hydrogen-bond donors (Lipinski definition) is 4. The number of methoxy groups -OCH3 is 2. The Labute approximate surface area is 345 Å². The molecule has 58 heavy (non-hydrogen) atoms. The Morgan fingerprint density at radius 2 is 1.12 bits per heavy atom. The highest BCUT2D eigenvalue weighted by atomic mass is 32.1. The summed E-state index contributed by atoms with van der Waals surface area (Å²) in [6, 6.07) is 12.2. The molecule has 15 nitrogen and oxygen atoms in total. The van der Waals surface area contributed by atoms with Crippen LogP contribution in [0.1, 0.15) is 83.9 Å². The third kappa shape index (κ3) is 13.4. The highest BCUT2D eigenvalue weighted by Crippen LogP contribution is 2.38. The Morgan fingerprint density at radius 1 is 0.672 bits per heavy atom. The van der Waals surface area contributed by atoms with Crippen LogP contribution in [-0.4, -0.2) is 99.1 Å². The summed E-state index contributed by atoms with van der Waals surface area (Å²) in [5.41, 5.74) is 6.41. The van der Waals surface area contributed by atoms with Gasteiger partial charge in [0.15, 0.2) is 0 Å². The van der Waals surface area contributed by atoms with Crippen LogP contribution >= 0.6 is 11.3 Å². The normalized spacial score (nSPS) is 10.4. The Hall–Kier alpha value is -5.77. The number of H-pyrrole nitrogens is 2. The number of nitrogens with zero attached hydrogens (tertiary/aromatic N) is 5. The number of hydrogen-bond acceptors (Lipinski definition) is 10. The van der Waals surface area contributed by atoms with E-state index < -0.39 is 12.2 Å². The van der Waals surface area contributed by atoms with Crippen LogP contribution < -0.4 is 10.6 Å². The van der Waals surface area contributed by atoms with E-state index in [1.54, 1.807) is 33.5 Å². The molecule has 16 heteroatoms. The van der Waals surface area contributed by atoms with E-state index >= 15 is 0 Å². The average Bonchev–Trinajstić information content (AvgIpc) is 3.99. The van der Waals surface area contributed by atoms with Gasteiger partial charge in [-0.1, -0.05) is 90.8 Å². The number of aromatic amines is 2. The van der Waals surface area contributed by atoms with Gasteiger partial charge in [0.25, 0.3) is 0 Å². The fourth-order valence-corrected chi connectivity index (χ4v) is 6.68. The van der Waals surface area contributed by atoms with Gasteiger partial charge in [-0.25, -0.2) is 24.5 Å². The summed E-state index contributed by atoms with van der Waals surface area (Å²) in [7, 11) is 2.51. The molecule has 5 rings (SSSR count). The summed E-state index contributed by atoms with van der Waals surface area (Å²) < 4.78 is 10.2. The molecule has 4 amide bonds. The summed E-state index contributed by atoms with van der Waals surface area (Å²) in [5.74, 6) is 0.808. The maximum absolute atomic E-state index is 12.8. The average molecular weight is 818 g/mol. The SMILES string of the molecule is CCC.CCC.CCCN(Cc1ncc(-c2ccc(-c3ccc(-c4cnc(CN(CCC)C(=O)CNC(=O)OC)[nH]4)c4sc(C)nc34)cc2)[nH]1)C(=O)CNC(=O)OC. The molecule has 0 atom stereocenters. The van der Waals surface area contributed by atoms with Crippen molar-refractivity contribution in [1.82, 2.24) is 45.4 Å². The summed E-state index contributed by atoms with van der Waals surface area (Å²) in [6.45, 7) is 15.7. The van der Waals surface area contributed by atoms with Gasteiger partial charge in [0.2, 0.25) is 11.8 Å². The van der Waals surface area contributed by atoms with Gasteiger partial charge in [-0.15, -0.1) is 11.3 Å². The Morgan fingerprint density at radius 3 is 1.60 bits per heavy atom. The number of imidazole rings is 2. The van der Waals surface area contributed by atoms with E-state index in [0.29, 0.717) is 24.7 Å².